The van der Waals surface area contributed by atoms with Crippen LogP contribution in [0.3, 0.4) is 0 Å². The molecule has 1 atom stereocenters. The Kier molecular flexibility index (Phi) is 9.89. The van der Waals surface area contributed by atoms with Crippen LogP contribution in [0.5, 0.6) is 0 Å². The minimum Gasteiger partial charge on any atom is -0.399 e. The second kappa shape index (κ2) is 14.0. The smallest absolute Gasteiger partial charge is 0.242 e. The molecular formula is C29H36N8O2. The lowest BCUT2D eigenvalue weighted by Crippen LogP contribution is -2.41. The zero-order valence-electron chi connectivity index (χ0n) is 22.6. The predicted molar refractivity (Wildman–Crippen MR) is 153 cm³/mol. The van der Waals surface area contributed by atoms with Crippen LogP contribution < -0.4 is 16.0 Å². The van der Waals surface area contributed by atoms with E-state index in [1.807, 2.05) is 54.2 Å². The van der Waals surface area contributed by atoms with Crippen LogP contribution in [-0.2, 0) is 16.2 Å². The molecule has 39 heavy (non-hydrogen) atoms. The van der Waals surface area contributed by atoms with Crippen molar-refractivity contribution in [2.24, 2.45) is 11.1 Å². The second-order valence-corrected chi connectivity index (χ2v) is 9.82. The molecule has 0 aliphatic heterocycles. The first-order valence-electron chi connectivity index (χ1n) is 13.4. The van der Waals surface area contributed by atoms with Crippen LogP contribution in [0.15, 0.2) is 60.0 Å². The summed E-state index contributed by atoms with van der Waals surface area (Å²) in [4.78, 5) is 31.1. The number of oxime groups is 1. The standard InChI is InChI=1S/C29H36N8O2/c1-21(36-39-3)19-32-29-34-26(18-27(35-29)37-15-7-8-16-37)33-25(17-22-9-5-4-6-10-22)28(38)31-20-23-11-13-24(30-2)14-12-23/h7-8,11-16,18,22,25H,4-6,9-10,17,19-20H2,1,3H3,(H,31,38)(H2,32,33,34,35)/t25-/m1/s1. The average Bonchev–Trinajstić information content (AvgIpc) is 3.51. The third-order valence-electron chi connectivity index (χ3n) is 6.80. The fourth-order valence-electron chi connectivity index (χ4n) is 4.77. The molecule has 1 fully saturated rings. The molecule has 2 aromatic heterocycles. The molecule has 3 N–H and O–H groups in total. The van der Waals surface area contributed by atoms with Crippen LogP contribution in [0.4, 0.5) is 17.5 Å². The van der Waals surface area contributed by atoms with Gasteiger partial charge < -0.3 is 25.4 Å². The van der Waals surface area contributed by atoms with Gasteiger partial charge in [-0.15, -0.1) is 0 Å². The van der Waals surface area contributed by atoms with Crippen LogP contribution >= 0.6 is 0 Å². The summed E-state index contributed by atoms with van der Waals surface area (Å²) >= 11 is 0. The molecule has 0 unspecified atom stereocenters. The molecule has 0 spiro atoms. The Hall–Kier alpha value is -4.39. The summed E-state index contributed by atoms with van der Waals surface area (Å²) in [5.41, 5.74) is 2.28. The fraction of sp³-hybridized carbons (Fsp3) is 0.414. The molecule has 10 heteroatoms. The Balaban J connectivity index is 1.54. The van der Waals surface area contributed by atoms with Crippen molar-refractivity contribution in [1.29, 1.82) is 0 Å². The van der Waals surface area contributed by atoms with Crippen molar-refractivity contribution in [1.82, 2.24) is 19.9 Å². The SMILES string of the molecule is [C-]#[N+]c1ccc(CNC(=O)[C@@H](CC2CCCCC2)Nc2cc(-n3cccc3)nc(NCC(C)=NOC)n2)cc1. The number of carbonyl (C=O) groups excluding carboxylic acids is 1. The Morgan fingerprint density at radius 3 is 2.62 bits per heavy atom. The van der Waals surface area contributed by atoms with E-state index in [-0.39, 0.29) is 5.91 Å². The van der Waals surface area contributed by atoms with Gasteiger partial charge in [0.15, 0.2) is 5.69 Å². The van der Waals surface area contributed by atoms with E-state index >= 15 is 0 Å². The van der Waals surface area contributed by atoms with Gasteiger partial charge in [-0.2, -0.15) is 9.97 Å². The largest absolute Gasteiger partial charge is 0.399 e. The lowest BCUT2D eigenvalue weighted by Gasteiger charge is -2.27. The summed E-state index contributed by atoms with van der Waals surface area (Å²) in [6.07, 6.45) is 10.5. The van der Waals surface area contributed by atoms with E-state index in [0.29, 0.717) is 42.3 Å². The van der Waals surface area contributed by atoms with Crippen LogP contribution in [-0.4, -0.2) is 45.9 Å². The number of nitrogens with one attached hydrogen (secondary N) is 3. The fourth-order valence-corrected chi connectivity index (χ4v) is 4.77. The van der Waals surface area contributed by atoms with Gasteiger partial charge in [-0.25, -0.2) is 4.85 Å². The molecule has 0 radical (unpaired) electrons. The number of carbonyl (C=O) groups is 1. The van der Waals surface area contributed by atoms with Gasteiger partial charge in [0.2, 0.25) is 11.9 Å². The van der Waals surface area contributed by atoms with Crippen molar-refractivity contribution in [2.75, 3.05) is 24.3 Å². The first-order chi connectivity index (χ1) is 19.0. The zero-order valence-corrected chi connectivity index (χ0v) is 22.6. The predicted octanol–water partition coefficient (Wildman–Crippen LogP) is 5.32. The van der Waals surface area contributed by atoms with Gasteiger partial charge in [-0.3, -0.25) is 4.79 Å². The van der Waals surface area contributed by atoms with Crippen molar-refractivity contribution in [3.05, 3.63) is 71.8 Å². The van der Waals surface area contributed by atoms with E-state index < -0.39 is 6.04 Å². The highest BCUT2D eigenvalue weighted by Gasteiger charge is 2.25. The Labute approximate surface area is 229 Å². The van der Waals surface area contributed by atoms with Crippen LogP contribution in [0, 0.1) is 12.5 Å². The molecule has 2 heterocycles. The number of benzene rings is 1. The topological polar surface area (TPSA) is 110 Å². The normalized spacial score (nSPS) is 14.7. The maximum Gasteiger partial charge on any atom is 0.242 e. The van der Waals surface area contributed by atoms with Crippen LogP contribution in [0.1, 0.15) is 51.0 Å². The van der Waals surface area contributed by atoms with Gasteiger partial charge >= 0.3 is 0 Å². The first kappa shape index (κ1) is 27.6. The Morgan fingerprint density at radius 1 is 1.18 bits per heavy atom. The molecule has 1 aromatic carbocycles. The van der Waals surface area contributed by atoms with Crippen LogP contribution in [0.2, 0.25) is 0 Å². The van der Waals surface area contributed by atoms with E-state index in [0.717, 1.165) is 30.5 Å². The first-order valence-corrected chi connectivity index (χ1v) is 13.4. The van der Waals surface area contributed by atoms with Gasteiger partial charge in [-0.1, -0.05) is 61.5 Å². The minimum absolute atomic E-state index is 0.0754. The van der Waals surface area contributed by atoms with Crippen molar-refractivity contribution in [3.63, 3.8) is 0 Å². The summed E-state index contributed by atoms with van der Waals surface area (Å²) in [7, 11) is 1.51. The third kappa shape index (κ3) is 8.30. The summed E-state index contributed by atoms with van der Waals surface area (Å²) < 4.78 is 1.90. The second-order valence-electron chi connectivity index (χ2n) is 9.82. The molecule has 204 valence electrons. The van der Waals surface area contributed by atoms with Gasteiger partial charge in [0.05, 0.1) is 18.8 Å². The number of anilines is 2. The van der Waals surface area contributed by atoms with Gasteiger partial charge in [-0.05, 0) is 37.0 Å². The van der Waals surface area contributed by atoms with Crippen molar-refractivity contribution in [2.45, 2.75) is 58.0 Å². The van der Waals surface area contributed by atoms with Crippen molar-refractivity contribution >= 4 is 29.1 Å². The number of amides is 1. The number of aromatic nitrogens is 3. The van der Waals surface area contributed by atoms with Crippen molar-refractivity contribution < 1.29 is 9.63 Å². The zero-order chi connectivity index (χ0) is 27.5. The van der Waals surface area contributed by atoms with E-state index in [2.05, 4.69) is 35.9 Å². The summed E-state index contributed by atoms with van der Waals surface area (Å²) in [6.45, 7) is 9.79. The summed E-state index contributed by atoms with van der Waals surface area (Å²) in [5.74, 6) is 2.07. The highest BCUT2D eigenvalue weighted by molar-refractivity contribution is 5.85. The molecule has 1 aliphatic rings. The molecule has 3 aromatic rings. The minimum atomic E-state index is -0.451. The molecule has 1 aliphatic carbocycles. The molecule has 1 amide bonds. The van der Waals surface area contributed by atoms with Crippen molar-refractivity contribution in [3.8, 4) is 5.82 Å². The van der Waals surface area contributed by atoms with Gasteiger partial charge in [0.1, 0.15) is 24.8 Å². The monoisotopic (exact) mass is 528 g/mol. The van der Waals surface area contributed by atoms with Gasteiger partial charge in [0.25, 0.3) is 0 Å². The molecule has 10 nitrogen and oxygen atoms in total. The summed E-state index contributed by atoms with van der Waals surface area (Å²) in [5, 5.41) is 13.6. The quantitative estimate of drug-likeness (QED) is 0.167. The lowest BCUT2D eigenvalue weighted by atomic mass is 9.84. The highest BCUT2D eigenvalue weighted by atomic mass is 16.6. The Morgan fingerprint density at radius 2 is 1.92 bits per heavy atom. The maximum atomic E-state index is 13.5. The van der Waals surface area contributed by atoms with E-state index in [1.54, 1.807) is 12.1 Å². The molecule has 0 bridgehead atoms. The highest BCUT2D eigenvalue weighted by Crippen LogP contribution is 2.28. The Bertz CT molecular complexity index is 1280. The number of hydrogen-bond donors (Lipinski definition) is 3. The number of hydrogen-bond acceptors (Lipinski definition) is 7. The van der Waals surface area contributed by atoms with Gasteiger partial charge in [0, 0.05) is 25.0 Å². The molecular weight excluding hydrogens is 492 g/mol. The molecule has 0 saturated heterocycles. The average molecular weight is 529 g/mol. The number of rotatable bonds is 12. The summed E-state index contributed by atoms with van der Waals surface area (Å²) in [6, 6.07) is 12.5. The number of nitrogens with zero attached hydrogens (tertiary/aromatic N) is 5. The molecule has 4 rings (SSSR count). The third-order valence-corrected chi connectivity index (χ3v) is 6.80. The van der Waals surface area contributed by atoms with E-state index in [1.165, 1.54) is 26.4 Å². The maximum absolute atomic E-state index is 13.5. The lowest BCUT2D eigenvalue weighted by molar-refractivity contribution is -0.122. The van der Waals surface area contributed by atoms with E-state index in [9.17, 15) is 4.79 Å². The van der Waals surface area contributed by atoms with Crippen LogP contribution in [0.25, 0.3) is 10.7 Å². The molecule has 1 saturated carbocycles. The van der Waals surface area contributed by atoms with E-state index in [4.69, 9.17) is 11.4 Å².